The number of esters is 1. The van der Waals surface area contributed by atoms with Gasteiger partial charge in [0.25, 0.3) is 0 Å². The standard InChI is InChI=1S/C23H17F2N5O3/c1-32-23(31)15-6-3-2-5-14(15)18-9-13(33-29-18)11-30-12-20-19(10-26-30)27-22(28-20)16-7-4-8-17(24)21(16)25/h2-10H,11-12H2,1H3,(H,27,28). The van der Waals surface area contributed by atoms with Gasteiger partial charge in [0.2, 0.25) is 0 Å². The number of fused-ring (bicyclic) bond motifs is 1. The van der Waals surface area contributed by atoms with E-state index in [2.05, 4.69) is 20.2 Å². The van der Waals surface area contributed by atoms with Crippen LogP contribution < -0.4 is 0 Å². The van der Waals surface area contributed by atoms with Gasteiger partial charge in [-0.2, -0.15) is 5.10 Å². The van der Waals surface area contributed by atoms with Gasteiger partial charge in [0.05, 0.1) is 43.2 Å². The average molecular weight is 449 g/mol. The molecule has 10 heteroatoms. The summed E-state index contributed by atoms with van der Waals surface area (Å²) in [6.45, 7) is 0.649. The van der Waals surface area contributed by atoms with Gasteiger partial charge in [0, 0.05) is 11.6 Å². The lowest BCUT2D eigenvalue weighted by Gasteiger charge is -2.19. The van der Waals surface area contributed by atoms with E-state index in [9.17, 15) is 13.6 Å². The maximum atomic E-state index is 14.1. The van der Waals surface area contributed by atoms with Gasteiger partial charge < -0.3 is 14.2 Å². The highest BCUT2D eigenvalue weighted by Gasteiger charge is 2.22. The molecule has 0 amide bonds. The Balaban J connectivity index is 1.34. The van der Waals surface area contributed by atoms with Crippen molar-refractivity contribution in [3.63, 3.8) is 0 Å². The van der Waals surface area contributed by atoms with Crippen molar-refractivity contribution in [2.24, 2.45) is 5.10 Å². The quantitative estimate of drug-likeness (QED) is 0.460. The van der Waals surface area contributed by atoms with Crippen LogP contribution >= 0.6 is 0 Å². The summed E-state index contributed by atoms with van der Waals surface area (Å²) in [5, 5.41) is 10.1. The molecule has 2 aromatic heterocycles. The van der Waals surface area contributed by atoms with Crippen molar-refractivity contribution in [1.82, 2.24) is 20.1 Å². The molecule has 1 aliphatic heterocycles. The van der Waals surface area contributed by atoms with Crippen molar-refractivity contribution >= 4 is 12.2 Å². The number of rotatable bonds is 5. The predicted octanol–water partition coefficient (Wildman–Crippen LogP) is 4.15. The first-order valence-electron chi connectivity index (χ1n) is 9.99. The van der Waals surface area contributed by atoms with E-state index in [0.717, 1.165) is 6.07 Å². The summed E-state index contributed by atoms with van der Waals surface area (Å²) in [6.07, 6.45) is 1.54. The molecule has 5 rings (SSSR count). The second kappa shape index (κ2) is 8.30. The molecule has 1 N–H and O–H groups in total. The molecule has 0 bridgehead atoms. The molecule has 1 aliphatic rings. The van der Waals surface area contributed by atoms with Crippen LogP contribution in [0.3, 0.4) is 0 Å². The average Bonchev–Trinajstić information content (AvgIpc) is 3.47. The van der Waals surface area contributed by atoms with E-state index in [-0.39, 0.29) is 11.4 Å². The lowest BCUT2D eigenvalue weighted by atomic mass is 10.0. The molecule has 33 heavy (non-hydrogen) atoms. The summed E-state index contributed by atoms with van der Waals surface area (Å²) in [6, 6.07) is 12.6. The SMILES string of the molecule is COC(=O)c1ccccc1-c1cc(CN2Cc3[nH]c(-c4cccc(F)c4F)nc3C=N2)on1. The van der Waals surface area contributed by atoms with E-state index in [1.165, 1.54) is 19.2 Å². The molecule has 166 valence electrons. The van der Waals surface area contributed by atoms with Crippen LogP contribution in [0.5, 0.6) is 0 Å². The Morgan fingerprint density at radius 3 is 2.85 bits per heavy atom. The number of nitrogens with one attached hydrogen (secondary N) is 1. The van der Waals surface area contributed by atoms with Crippen molar-refractivity contribution in [2.75, 3.05) is 7.11 Å². The van der Waals surface area contributed by atoms with Crippen LogP contribution in [0.4, 0.5) is 8.78 Å². The first kappa shape index (κ1) is 20.6. The molecule has 2 aromatic carbocycles. The Labute approximate surface area is 186 Å². The number of ether oxygens (including phenoxy) is 1. The third-order valence-corrected chi connectivity index (χ3v) is 5.21. The number of benzene rings is 2. The number of hydrogen-bond donors (Lipinski definition) is 1. The number of carbonyl (C=O) groups excluding carboxylic acids is 1. The van der Waals surface area contributed by atoms with Gasteiger partial charge in [-0.15, -0.1) is 0 Å². The molecule has 8 nitrogen and oxygen atoms in total. The minimum atomic E-state index is -0.959. The fourth-order valence-electron chi connectivity index (χ4n) is 3.61. The molecule has 3 heterocycles. The highest BCUT2D eigenvalue weighted by Crippen LogP contribution is 2.27. The van der Waals surface area contributed by atoms with Crippen molar-refractivity contribution < 1.29 is 22.8 Å². The molecule has 0 saturated heterocycles. The van der Waals surface area contributed by atoms with Crippen molar-refractivity contribution in [3.05, 3.63) is 82.9 Å². The van der Waals surface area contributed by atoms with Crippen LogP contribution in [-0.4, -0.2) is 39.4 Å². The van der Waals surface area contributed by atoms with Gasteiger partial charge in [-0.3, -0.25) is 5.01 Å². The van der Waals surface area contributed by atoms with Gasteiger partial charge in [-0.05, 0) is 18.2 Å². The monoisotopic (exact) mass is 449 g/mol. The summed E-state index contributed by atoms with van der Waals surface area (Å²) < 4.78 is 38.0. The van der Waals surface area contributed by atoms with E-state index >= 15 is 0 Å². The first-order valence-corrected chi connectivity index (χ1v) is 9.99. The lowest BCUT2D eigenvalue weighted by Crippen LogP contribution is -2.21. The lowest BCUT2D eigenvalue weighted by molar-refractivity contribution is 0.0601. The van der Waals surface area contributed by atoms with Gasteiger partial charge in [-0.1, -0.05) is 29.4 Å². The number of aromatic nitrogens is 3. The Morgan fingerprint density at radius 1 is 1.18 bits per heavy atom. The van der Waals surface area contributed by atoms with E-state index in [0.29, 0.717) is 47.1 Å². The number of imidazole rings is 1. The maximum Gasteiger partial charge on any atom is 0.338 e. The molecule has 0 saturated carbocycles. The second-order valence-electron chi connectivity index (χ2n) is 7.33. The van der Waals surface area contributed by atoms with Crippen LogP contribution in [0.25, 0.3) is 22.6 Å². The van der Waals surface area contributed by atoms with Crippen LogP contribution in [-0.2, 0) is 17.8 Å². The summed E-state index contributed by atoms with van der Waals surface area (Å²) in [7, 11) is 1.32. The summed E-state index contributed by atoms with van der Waals surface area (Å²) in [5.41, 5.74) is 2.79. The van der Waals surface area contributed by atoms with Gasteiger partial charge in [-0.25, -0.2) is 18.6 Å². The molecule has 0 unspecified atom stereocenters. The number of H-pyrrole nitrogens is 1. The fraction of sp³-hybridized carbons (Fsp3) is 0.130. The van der Waals surface area contributed by atoms with Gasteiger partial charge in [0.1, 0.15) is 17.2 Å². The zero-order chi connectivity index (χ0) is 22.9. The number of hydrogen-bond acceptors (Lipinski definition) is 7. The van der Waals surface area contributed by atoms with Crippen LogP contribution in [0.1, 0.15) is 27.5 Å². The Hall–Kier alpha value is -4.34. The molecular formula is C23H17F2N5O3. The molecular weight excluding hydrogens is 432 g/mol. The van der Waals surface area contributed by atoms with Crippen molar-refractivity contribution in [2.45, 2.75) is 13.1 Å². The van der Waals surface area contributed by atoms with Crippen LogP contribution in [0.15, 0.2) is 58.2 Å². The predicted molar refractivity (Wildman–Crippen MR) is 114 cm³/mol. The first-order chi connectivity index (χ1) is 16.0. The Kier molecular flexibility index (Phi) is 5.17. The zero-order valence-corrected chi connectivity index (χ0v) is 17.4. The number of carbonyl (C=O) groups is 1. The normalized spacial score (nSPS) is 12.6. The largest absolute Gasteiger partial charge is 0.465 e. The third kappa shape index (κ3) is 3.86. The highest BCUT2D eigenvalue weighted by atomic mass is 19.2. The van der Waals surface area contributed by atoms with E-state index in [1.54, 1.807) is 41.6 Å². The van der Waals surface area contributed by atoms with Crippen LogP contribution in [0.2, 0.25) is 0 Å². The van der Waals surface area contributed by atoms with E-state index in [4.69, 9.17) is 9.26 Å². The smallest absolute Gasteiger partial charge is 0.338 e. The number of methoxy groups -OCH3 is 1. The van der Waals surface area contributed by atoms with E-state index in [1.807, 2.05) is 0 Å². The van der Waals surface area contributed by atoms with Gasteiger partial charge >= 0.3 is 5.97 Å². The molecule has 0 atom stereocenters. The minimum Gasteiger partial charge on any atom is -0.465 e. The maximum absolute atomic E-state index is 14.1. The van der Waals surface area contributed by atoms with Crippen LogP contribution in [0, 0.1) is 11.6 Å². The number of hydrazone groups is 1. The molecule has 0 spiro atoms. The summed E-state index contributed by atoms with van der Waals surface area (Å²) >= 11 is 0. The number of halogens is 2. The van der Waals surface area contributed by atoms with Crippen molar-refractivity contribution in [1.29, 1.82) is 0 Å². The summed E-state index contributed by atoms with van der Waals surface area (Å²) in [5.74, 6) is -1.60. The fourth-order valence-corrected chi connectivity index (χ4v) is 3.61. The minimum absolute atomic E-state index is 0.0495. The van der Waals surface area contributed by atoms with E-state index < -0.39 is 17.6 Å². The summed E-state index contributed by atoms with van der Waals surface area (Å²) in [4.78, 5) is 19.4. The zero-order valence-electron chi connectivity index (χ0n) is 17.4. The molecule has 0 radical (unpaired) electrons. The Morgan fingerprint density at radius 2 is 2.00 bits per heavy atom. The number of nitrogens with zero attached hydrogens (tertiary/aromatic N) is 4. The highest BCUT2D eigenvalue weighted by molar-refractivity contribution is 5.96. The molecule has 4 aromatic rings. The van der Waals surface area contributed by atoms with Gasteiger partial charge in [0.15, 0.2) is 17.4 Å². The topological polar surface area (TPSA) is 96.6 Å². The Bertz CT molecular complexity index is 1380. The second-order valence-corrected chi connectivity index (χ2v) is 7.33. The molecule has 0 fully saturated rings. The van der Waals surface area contributed by atoms with Crippen molar-refractivity contribution in [3.8, 4) is 22.6 Å². The molecule has 0 aliphatic carbocycles. The third-order valence-electron chi connectivity index (χ3n) is 5.21. The number of aromatic amines is 1.